The fourth-order valence-electron chi connectivity index (χ4n) is 2.48. The van der Waals surface area contributed by atoms with E-state index in [1.807, 2.05) is 6.26 Å². The Morgan fingerprint density at radius 2 is 1.92 bits per heavy atom. The Bertz CT molecular complexity index is 688. The first-order chi connectivity index (χ1) is 12.2. The van der Waals surface area contributed by atoms with Crippen molar-refractivity contribution in [1.29, 1.82) is 0 Å². The SMILES string of the molecule is CCCC[C@H](CC)CNS(=O)(=O)c1ccc(SC)c(NC(=O)C(C)C)c1. The molecule has 1 amide bonds. The molecule has 0 aliphatic rings. The second-order valence-corrected chi connectivity index (χ2v) is 9.39. The third kappa shape index (κ3) is 6.93. The molecule has 0 bridgehead atoms. The number of sulfonamides is 1. The van der Waals surface area contributed by atoms with Crippen LogP contribution in [0.4, 0.5) is 5.69 Å². The van der Waals surface area contributed by atoms with Gasteiger partial charge in [-0.15, -0.1) is 11.8 Å². The van der Waals surface area contributed by atoms with Crippen LogP contribution in [0.3, 0.4) is 0 Å². The molecule has 1 rings (SSSR count). The van der Waals surface area contributed by atoms with E-state index < -0.39 is 10.0 Å². The van der Waals surface area contributed by atoms with Gasteiger partial charge < -0.3 is 5.32 Å². The van der Waals surface area contributed by atoms with Crippen molar-refractivity contribution in [2.24, 2.45) is 11.8 Å². The van der Waals surface area contributed by atoms with Gasteiger partial charge in [0.1, 0.15) is 0 Å². The number of hydrogen-bond acceptors (Lipinski definition) is 4. The maximum atomic E-state index is 12.7. The summed E-state index contributed by atoms with van der Waals surface area (Å²) in [5, 5.41) is 2.83. The van der Waals surface area contributed by atoms with Crippen molar-refractivity contribution >= 4 is 33.4 Å². The van der Waals surface area contributed by atoms with Gasteiger partial charge in [-0.1, -0.05) is 47.0 Å². The summed E-state index contributed by atoms with van der Waals surface area (Å²) in [5.74, 6) is 0.0377. The summed E-state index contributed by atoms with van der Waals surface area (Å²) in [6, 6.07) is 4.87. The minimum Gasteiger partial charge on any atom is -0.325 e. The number of carbonyl (C=O) groups is 1. The smallest absolute Gasteiger partial charge is 0.240 e. The third-order valence-corrected chi connectivity index (χ3v) is 6.59. The van der Waals surface area contributed by atoms with Gasteiger partial charge in [0.25, 0.3) is 0 Å². The van der Waals surface area contributed by atoms with E-state index in [9.17, 15) is 13.2 Å². The lowest BCUT2D eigenvalue weighted by Gasteiger charge is -2.17. The van der Waals surface area contributed by atoms with Crippen molar-refractivity contribution < 1.29 is 13.2 Å². The quantitative estimate of drug-likeness (QED) is 0.536. The third-order valence-electron chi connectivity index (χ3n) is 4.37. The highest BCUT2D eigenvalue weighted by Crippen LogP contribution is 2.28. The van der Waals surface area contributed by atoms with Crippen LogP contribution in [-0.4, -0.2) is 27.1 Å². The van der Waals surface area contributed by atoms with E-state index in [0.29, 0.717) is 18.2 Å². The minimum absolute atomic E-state index is 0.131. The summed E-state index contributed by atoms with van der Waals surface area (Å²) in [6.07, 6.45) is 6.08. The standard InChI is InChI=1S/C19H32N2O3S2/c1-6-8-9-15(7-2)13-20-26(23,24)16-10-11-18(25-5)17(12-16)21-19(22)14(3)4/h10-12,14-15,20H,6-9,13H2,1-5H3,(H,21,22)/t15-/m0/s1. The molecule has 0 saturated carbocycles. The van der Waals surface area contributed by atoms with Crippen LogP contribution in [0.1, 0.15) is 53.4 Å². The van der Waals surface area contributed by atoms with Crippen molar-refractivity contribution in [3.8, 4) is 0 Å². The predicted octanol–water partition coefficient (Wildman–Crippen LogP) is 4.50. The fraction of sp³-hybridized carbons (Fsp3) is 0.632. The van der Waals surface area contributed by atoms with Crippen LogP contribution in [-0.2, 0) is 14.8 Å². The molecule has 0 radical (unpaired) electrons. The number of amides is 1. The molecule has 1 aromatic carbocycles. The molecular formula is C19H32N2O3S2. The molecule has 1 atom stereocenters. The Balaban J connectivity index is 2.96. The molecular weight excluding hydrogens is 368 g/mol. The Morgan fingerprint density at radius 1 is 1.23 bits per heavy atom. The first-order valence-electron chi connectivity index (χ1n) is 9.23. The molecule has 2 N–H and O–H groups in total. The van der Waals surface area contributed by atoms with Gasteiger partial charge in [-0.2, -0.15) is 0 Å². The monoisotopic (exact) mass is 400 g/mol. The molecule has 148 valence electrons. The molecule has 26 heavy (non-hydrogen) atoms. The van der Waals surface area contributed by atoms with Crippen LogP contribution in [0.5, 0.6) is 0 Å². The van der Waals surface area contributed by atoms with Gasteiger partial charge >= 0.3 is 0 Å². The largest absolute Gasteiger partial charge is 0.325 e. The van der Waals surface area contributed by atoms with E-state index in [1.165, 1.54) is 11.8 Å². The Labute approximate surface area is 162 Å². The highest BCUT2D eigenvalue weighted by atomic mass is 32.2. The molecule has 0 spiro atoms. The van der Waals surface area contributed by atoms with Gasteiger partial charge in [-0.05, 0) is 36.8 Å². The van der Waals surface area contributed by atoms with Crippen molar-refractivity contribution in [2.75, 3.05) is 18.1 Å². The van der Waals surface area contributed by atoms with E-state index in [-0.39, 0.29) is 16.7 Å². The summed E-state index contributed by atoms with van der Waals surface area (Å²) in [4.78, 5) is 13.0. The lowest BCUT2D eigenvalue weighted by atomic mass is 10.00. The van der Waals surface area contributed by atoms with Gasteiger partial charge in [-0.25, -0.2) is 13.1 Å². The Hall–Kier alpha value is -1.05. The zero-order valence-electron chi connectivity index (χ0n) is 16.5. The van der Waals surface area contributed by atoms with Gasteiger partial charge in [0, 0.05) is 17.4 Å². The molecule has 0 aromatic heterocycles. The van der Waals surface area contributed by atoms with Gasteiger partial charge in [0.05, 0.1) is 10.6 Å². The molecule has 5 nitrogen and oxygen atoms in total. The summed E-state index contributed by atoms with van der Waals surface area (Å²) >= 11 is 1.47. The maximum absolute atomic E-state index is 12.7. The molecule has 0 heterocycles. The summed E-state index contributed by atoms with van der Waals surface area (Å²) in [7, 11) is -3.60. The summed E-state index contributed by atoms with van der Waals surface area (Å²) in [6.45, 7) is 8.27. The van der Waals surface area contributed by atoms with Crippen LogP contribution in [0.15, 0.2) is 28.0 Å². The molecule has 0 aliphatic carbocycles. The lowest BCUT2D eigenvalue weighted by molar-refractivity contribution is -0.118. The molecule has 1 aromatic rings. The summed E-state index contributed by atoms with van der Waals surface area (Å²) < 4.78 is 28.1. The van der Waals surface area contributed by atoms with E-state index in [4.69, 9.17) is 0 Å². The highest BCUT2D eigenvalue weighted by molar-refractivity contribution is 7.98. The highest BCUT2D eigenvalue weighted by Gasteiger charge is 2.19. The Kier molecular flexibility index (Phi) is 9.68. The number of nitrogens with one attached hydrogen (secondary N) is 2. The van der Waals surface area contributed by atoms with Crippen molar-refractivity contribution in [1.82, 2.24) is 4.72 Å². The van der Waals surface area contributed by atoms with Crippen LogP contribution in [0, 0.1) is 11.8 Å². The zero-order chi connectivity index (χ0) is 19.7. The van der Waals surface area contributed by atoms with Gasteiger partial charge in [0.15, 0.2) is 0 Å². The second-order valence-electron chi connectivity index (χ2n) is 6.77. The first-order valence-corrected chi connectivity index (χ1v) is 11.9. The van der Waals surface area contributed by atoms with Crippen LogP contribution < -0.4 is 10.0 Å². The van der Waals surface area contributed by atoms with Crippen LogP contribution >= 0.6 is 11.8 Å². The maximum Gasteiger partial charge on any atom is 0.240 e. The number of hydrogen-bond donors (Lipinski definition) is 2. The fourth-order valence-corrected chi connectivity index (χ4v) is 4.16. The van der Waals surface area contributed by atoms with E-state index >= 15 is 0 Å². The minimum atomic E-state index is -3.60. The van der Waals surface area contributed by atoms with Crippen molar-refractivity contribution in [3.05, 3.63) is 18.2 Å². The number of rotatable bonds is 11. The number of anilines is 1. The van der Waals surface area contributed by atoms with Crippen LogP contribution in [0.2, 0.25) is 0 Å². The number of thioether (sulfide) groups is 1. The average molecular weight is 401 g/mol. The topological polar surface area (TPSA) is 75.3 Å². The second kappa shape index (κ2) is 10.9. The van der Waals surface area contributed by atoms with Crippen molar-refractivity contribution in [2.45, 2.75) is 63.2 Å². The van der Waals surface area contributed by atoms with E-state index in [2.05, 4.69) is 23.9 Å². The lowest BCUT2D eigenvalue weighted by Crippen LogP contribution is -2.29. The number of benzene rings is 1. The van der Waals surface area contributed by atoms with Gasteiger partial charge in [0.2, 0.25) is 15.9 Å². The van der Waals surface area contributed by atoms with Crippen LogP contribution in [0.25, 0.3) is 0 Å². The molecule has 0 saturated heterocycles. The number of unbranched alkanes of at least 4 members (excludes halogenated alkanes) is 1. The normalized spacial score (nSPS) is 13.0. The van der Waals surface area contributed by atoms with E-state index in [0.717, 1.165) is 30.6 Å². The molecule has 0 unspecified atom stereocenters. The molecule has 0 aliphatic heterocycles. The van der Waals surface area contributed by atoms with E-state index in [1.54, 1.807) is 32.0 Å². The predicted molar refractivity (Wildman–Crippen MR) is 110 cm³/mol. The summed E-state index contributed by atoms with van der Waals surface area (Å²) in [5.41, 5.74) is 0.539. The number of carbonyl (C=O) groups excluding carboxylic acids is 1. The molecule has 0 fully saturated rings. The zero-order valence-corrected chi connectivity index (χ0v) is 18.1. The Morgan fingerprint density at radius 3 is 2.46 bits per heavy atom. The van der Waals surface area contributed by atoms with Crippen molar-refractivity contribution in [3.63, 3.8) is 0 Å². The molecule has 7 heteroatoms. The first kappa shape index (κ1) is 23.0. The van der Waals surface area contributed by atoms with Gasteiger partial charge in [-0.3, -0.25) is 4.79 Å². The average Bonchev–Trinajstić information content (AvgIpc) is 2.61.